The van der Waals surface area contributed by atoms with Crippen LogP contribution in [0, 0.1) is 0 Å². The van der Waals surface area contributed by atoms with E-state index in [0.717, 1.165) is 16.2 Å². The summed E-state index contributed by atoms with van der Waals surface area (Å²) in [4.78, 5) is 42.4. The number of hydrogen-bond acceptors (Lipinski definition) is 7. The van der Waals surface area contributed by atoms with Gasteiger partial charge in [0.1, 0.15) is 29.5 Å². The number of carbonyl (C=O) groups is 3. The minimum atomic E-state index is -1.41. The molecule has 2 heterocycles. The van der Waals surface area contributed by atoms with Gasteiger partial charge in [-0.2, -0.15) is 5.10 Å². The molecule has 46 heavy (non-hydrogen) atoms. The molecule has 0 spiro atoms. The Morgan fingerprint density at radius 1 is 0.891 bits per heavy atom. The van der Waals surface area contributed by atoms with Crippen LogP contribution in [0.5, 0.6) is 11.5 Å². The van der Waals surface area contributed by atoms with Gasteiger partial charge < -0.3 is 30.2 Å². The number of carboxylic acid groups (broad SMARTS) is 1. The molecule has 12 nitrogen and oxygen atoms in total. The lowest BCUT2D eigenvalue weighted by Gasteiger charge is -2.41. The molecule has 2 aromatic carbocycles. The second kappa shape index (κ2) is 13.7. The minimum Gasteiger partial charge on any atom is -0.530 e. The number of carbonyl (C=O) groups excluding carboxylic acids is 3. The largest absolute Gasteiger partial charge is 0.530 e. The number of nitrogens with zero attached hydrogens (tertiary/aromatic N) is 4. The number of nitrogens with one attached hydrogen (secondary N) is 3. The normalized spacial score (nSPS) is 12.2. The van der Waals surface area contributed by atoms with Gasteiger partial charge in [-0.1, -0.05) is 32.9 Å². The van der Waals surface area contributed by atoms with Crippen LogP contribution in [0.25, 0.3) is 5.69 Å². The Hall–Kier alpha value is -5.39. The van der Waals surface area contributed by atoms with Crippen molar-refractivity contribution in [2.24, 2.45) is 0 Å². The van der Waals surface area contributed by atoms with E-state index in [0.29, 0.717) is 28.7 Å². The molecule has 0 bridgehead atoms. The second-order valence-electron chi connectivity index (χ2n) is 12.8. The summed E-state index contributed by atoms with van der Waals surface area (Å²) in [6.45, 7) is 12.9. The highest BCUT2D eigenvalue weighted by Gasteiger charge is 2.30. The number of anilines is 2. The zero-order chi connectivity index (χ0) is 33.6. The maximum Gasteiger partial charge on any atom is 0.324 e. The summed E-state index contributed by atoms with van der Waals surface area (Å²) in [5, 5.41) is 24.9. The highest BCUT2D eigenvalue weighted by atomic mass is 16.5. The Bertz CT molecular complexity index is 1660. The molecule has 0 fully saturated rings. The van der Waals surface area contributed by atoms with E-state index in [2.05, 4.69) is 20.9 Å². The van der Waals surface area contributed by atoms with Gasteiger partial charge in [0, 0.05) is 41.6 Å². The second-order valence-corrected chi connectivity index (χ2v) is 12.8. The lowest BCUT2D eigenvalue weighted by molar-refractivity contribution is -0.272. The fraction of sp³-hybridized carbons (Fsp3) is 0.324. The van der Waals surface area contributed by atoms with Crippen molar-refractivity contribution >= 4 is 29.5 Å². The van der Waals surface area contributed by atoms with Crippen LogP contribution in [-0.4, -0.2) is 49.3 Å². The van der Waals surface area contributed by atoms with Crippen LogP contribution in [-0.2, 0) is 16.8 Å². The molecule has 12 heteroatoms. The van der Waals surface area contributed by atoms with Crippen LogP contribution in [0.1, 0.15) is 59.7 Å². The van der Waals surface area contributed by atoms with Crippen LogP contribution in [0.4, 0.5) is 21.1 Å². The monoisotopic (exact) mass is 626 g/mol. The first-order chi connectivity index (χ1) is 21.6. The molecule has 242 valence electrons. The van der Waals surface area contributed by atoms with Gasteiger partial charge >= 0.3 is 6.03 Å². The highest BCUT2D eigenvalue weighted by Crippen LogP contribution is 2.27. The number of amides is 4. The average Bonchev–Trinajstić information content (AvgIpc) is 3.41. The highest BCUT2D eigenvalue weighted by molar-refractivity contribution is 5.99. The van der Waals surface area contributed by atoms with Crippen LogP contribution in [0.2, 0.25) is 0 Å². The van der Waals surface area contributed by atoms with Gasteiger partial charge in [0.25, 0.3) is 0 Å². The number of benzene rings is 2. The van der Waals surface area contributed by atoms with E-state index >= 15 is 0 Å². The zero-order valence-corrected chi connectivity index (χ0v) is 27.1. The summed E-state index contributed by atoms with van der Waals surface area (Å²) in [5.41, 5.74) is 1.77. The standard InChI is InChI=1S/C34H41N7O5/c1-22(40(32(44)45)34(5,6)7)30(42)36-21-23-8-12-25(13-9-23)41-29(20-28(39-41)33(2,3)4)38-31(43)37-24-10-14-26(15-11-24)46-27-16-18-35-19-17-27/h8-20,22H,21H2,1-7H3,(H,36,42)(H,44,45)(H2,37,38,43)/p-1. The van der Waals surface area contributed by atoms with Crippen molar-refractivity contribution in [2.75, 3.05) is 10.6 Å². The number of aromatic nitrogens is 3. The van der Waals surface area contributed by atoms with Crippen molar-refractivity contribution in [1.29, 1.82) is 0 Å². The molecule has 1 unspecified atom stereocenters. The molecular formula is C34H40N7O5-. The molecule has 0 saturated heterocycles. The lowest BCUT2D eigenvalue weighted by atomic mass is 9.92. The van der Waals surface area contributed by atoms with Gasteiger partial charge in [-0.05, 0) is 81.8 Å². The van der Waals surface area contributed by atoms with Crippen LogP contribution in [0.15, 0.2) is 79.1 Å². The van der Waals surface area contributed by atoms with E-state index in [1.807, 2.05) is 51.1 Å². The zero-order valence-electron chi connectivity index (χ0n) is 27.1. The van der Waals surface area contributed by atoms with Crippen molar-refractivity contribution < 1.29 is 24.2 Å². The molecule has 0 aliphatic rings. The summed E-state index contributed by atoms with van der Waals surface area (Å²) in [6, 6.07) is 18.3. The SMILES string of the molecule is CC(C(=O)NCc1ccc(-n2nc(C(C)(C)C)cc2NC(=O)Nc2ccc(Oc3ccncc3)cc2)cc1)N(C(=O)[O-])C(C)(C)C. The van der Waals surface area contributed by atoms with Crippen molar-refractivity contribution in [3.63, 3.8) is 0 Å². The van der Waals surface area contributed by atoms with Gasteiger partial charge in [-0.15, -0.1) is 0 Å². The first-order valence-electron chi connectivity index (χ1n) is 14.9. The molecule has 1 atom stereocenters. The topological polar surface area (TPSA) is 154 Å². The van der Waals surface area contributed by atoms with E-state index in [4.69, 9.17) is 9.84 Å². The fourth-order valence-corrected chi connectivity index (χ4v) is 4.68. The number of pyridine rings is 1. The molecule has 4 aromatic rings. The van der Waals surface area contributed by atoms with Crippen molar-refractivity contribution in [3.8, 4) is 17.2 Å². The predicted molar refractivity (Wildman–Crippen MR) is 174 cm³/mol. The molecule has 0 radical (unpaired) electrons. The molecule has 0 aliphatic carbocycles. The van der Waals surface area contributed by atoms with E-state index < -0.39 is 29.6 Å². The third-order valence-electron chi connectivity index (χ3n) is 7.05. The Balaban J connectivity index is 1.43. The fourth-order valence-electron chi connectivity index (χ4n) is 4.68. The first kappa shape index (κ1) is 33.5. The Morgan fingerprint density at radius 2 is 1.50 bits per heavy atom. The van der Waals surface area contributed by atoms with Crippen molar-refractivity contribution in [1.82, 2.24) is 25.0 Å². The summed E-state index contributed by atoms with van der Waals surface area (Å²) in [5.74, 6) is 1.31. The number of rotatable bonds is 9. The summed E-state index contributed by atoms with van der Waals surface area (Å²) in [7, 11) is 0. The molecule has 2 aromatic heterocycles. The lowest BCUT2D eigenvalue weighted by Crippen LogP contribution is -2.59. The average molecular weight is 627 g/mol. The van der Waals surface area contributed by atoms with Gasteiger partial charge in [-0.3, -0.25) is 15.1 Å². The van der Waals surface area contributed by atoms with E-state index in [-0.39, 0.29) is 12.0 Å². The van der Waals surface area contributed by atoms with Crippen molar-refractivity contribution in [2.45, 2.75) is 72.0 Å². The Morgan fingerprint density at radius 3 is 2.07 bits per heavy atom. The van der Waals surface area contributed by atoms with E-state index in [1.54, 1.807) is 74.2 Å². The van der Waals surface area contributed by atoms with Crippen LogP contribution in [0.3, 0.4) is 0 Å². The van der Waals surface area contributed by atoms with Crippen LogP contribution < -0.4 is 25.8 Å². The number of urea groups is 1. The van der Waals surface area contributed by atoms with Crippen molar-refractivity contribution in [3.05, 3.63) is 90.4 Å². The molecule has 0 aliphatic heterocycles. The summed E-state index contributed by atoms with van der Waals surface area (Å²) in [6.07, 6.45) is 1.88. The molecule has 4 rings (SSSR count). The Kier molecular flexibility index (Phi) is 9.99. The summed E-state index contributed by atoms with van der Waals surface area (Å²) < 4.78 is 7.43. The van der Waals surface area contributed by atoms with Gasteiger partial charge in [0.2, 0.25) is 5.91 Å². The first-order valence-corrected chi connectivity index (χ1v) is 14.9. The predicted octanol–water partition coefficient (Wildman–Crippen LogP) is 5.45. The Labute approximate surface area is 268 Å². The maximum absolute atomic E-state index is 13.0. The molecule has 4 amide bonds. The molecule has 0 saturated carbocycles. The minimum absolute atomic E-state index is 0.195. The number of hydrogen-bond donors (Lipinski definition) is 3. The smallest absolute Gasteiger partial charge is 0.324 e. The third-order valence-corrected chi connectivity index (χ3v) is 7.05. The number of ether oxygens (including phenoxy) is 1. The van der Waals surface area contributed by atoms with Gasteiger partial charge in [0.15, 0.2) is 0 Å². The van der Waals surface area contributed by atoms with Gasteiger partial charge in [0.05, 0.1) is 11.4 Å². The molecule has 3 N–H and O–H groups in total. The van der Waals surface area contributed by atoms with Crippen LogP contribution >= 0.6 is 0 Å². The van der Waals surface area contributed by atoms with E-state index in [9.17, 15) is 19.5 Å². The third kappa shape index (κ3) is 8.62. The quantitative estimate of drug-likeness (QED) is 0.223. The molecular weight excluding hydrogens is 586 g/mol. The van der Waals surface area contributed by atoms with Gasteiger partial charge in [-0.25, -0.2) is 9.48 Å². The maximum atomic E-state index is 13.0. The van der Waals surface area contributed by atoms with E-state index in [1.165, 1.54) is 6.92 Å². The summed E-state index contributed by atoms with van der Waals surface area (Å²) >= 11 is 0.